The third-order valence-corrected chi connectivity index (χ3v) is 26.7. The molecule has 0 aliphatic carbocycles. The number of carbonyl (C=O) groups excluding carboxylic acids is 12. The van der Waals surface area contributed by atoms with Crippen LogP contribution in [0.4, 0.5) is 22.7 Å². The van der Waals surface area contributed by atoms with Gasteiger partial charge in [0.2, 0.25) is 0 Å². The number of esters is 8. The molecule has 0 saturated heterocycles. The number of anilines is 4. The van der Waals surface area contributed by atoms with Crippen LogP contribution in [0.2, 0.25) is 0 Å². The number of benzene rings is 8. The monoisotopic (exact) mass is 1900 g/mol. The molecular weight excluding hydrogens is 1780 g/mol. The van der Waals surface area contributed by atoms with Gasteiger partial charge in [-0.3, -0.25) is 38.4 Å². The van der Waals surface area contributed by atoms with E-state index in [0.717, 1.165) is 70.5 Å². The van der Waals surface area contributed by atoms with Crippen LogP contribution in [-0.2, 0) is 81.0 Å². The lowest BCUT2D eigenvalue weighted by Crippen LogP contribution is -2.45. The summed E-state index contributed by atoms with van der Waals surface area (Å²) in [6.07, 6.45) is -3.29. The van der Waals surface area contributed by atoms with Gasteiger partial charge in [-0.15, -0.1) is 47.0 Å². The van der Waals surface area contributed by atoms with Gasteiger partial charge >= 0.3 is 47.8 Å². The number of fused-ring (bicyclic) bond motifs is 4. The number of methoxy groups -OCH3 is 2. The highest BCUT2D eigenvalue weighted by Crippen LogP contribution is 2.52. The van der Waals surface area contributed by atoms with Crippen molar-refractivity contribution in [2.75, 3.05) is 162 Å². The van der Waals surface area contributed by atoms with Gasteiger partial charge in [-0.05, 0) is 192 Å². The van der Waals surface area contributed by atoms with E-state index in [4.69, 9.17) is 37.9 Å². The summed E-state index contributed by atoms with van der Waals surface area (Å²) in [4.78, 5) is 169. The number of carbonyl (C=O) groups is 12. The SMILES string of the molecule is CCCOC(=O)c1ccc2c(c1)N(CCN(C)C)C(=O)[C@H](OC(C)=O)[C@H](c1ccc(C)cc1)S2.CCOC(=O)c1ccc2c(c1)N(CCN(C)C)C(=O)[C@H](OC(C)=O)[C@H](c1ccc(C)cc1)S2.COC(=O)COc1ccc2c(c1)S[C@@H](c1ccc(C)cc1)[C@@H](OC(C)=O)C(=O)N2CCN(C)C.COC(=O)c1ccc2c(c1)N(CCN(C)C)C(=O)[C@H](OC(C)=O)[C@H](c1ccc(C)cc1)S2. The molecule has 4 amide bonds. The molecule has 8 aromatic rings. The Kier molecular flexibility index (Phi) is 39.5. The fourth-order valence-corrected chi connectivity index (χ4v) is 19.5. The molecule has 4 aliphatic rings. The molecule has 4 aliphatic heterocycles. The predicted octanol–water partition coefficient (Wildman–Crippen LogP) is 14.8. The molecule has 133 heavy (non-hydrogen) atoms. The number of nitrogens with zero attached hydrogens (tertiary/aromatic N) is 8. The summed E-state index contributed by atoms with van der Waals surface area (Å²) < 4.78 is 48.0. The number of rotatable bonds is 29. The van der Waals surface area contributed by atoms with Gasteiger partial charge in [0, 0.05) is 99.6 Å². The summed E-state index contributed by atoms with van der Waals surface area (Å²) in [5, 5.41) is -1.76. The third kappa shape index (κ3) is 29.2. The molecule has 0 bridgehead atoms. The second-order valence-corrected chi connectivity index (χ2v) is 37.7. The Morgan fingerprint density at radius 3 is 0.895 bits per heavy atom. The molecule has 4 heterocycles. The van der Waals surface area contributed by atoms with Crippen molar-refractivity contribution in [2.24, 2.45) is 0 Å². The van der Waals surface area contributed by atoms with Crippen LogP contribution in [0.5, 0.6) is 5.75 Å². The summed E-state index contributed by atoms with van der Waals surface area (Å²) in [7, 11) is 18.0. The normalized spacial score (nSPS) is 17.9. The standard InChI is InChI=1S/C26H32N2O5S.C25H30N2O6S.C25H30N2O5S.C24H28N2O5S/c1-6-15-32-26(31)20-11-12-22-21(16-20)28(14-13-27(4)5)25(30)23(33-18(3)29)24(34-22)19-9-7-17(2)8-10-19;1-16-6-8-18(9-7-16)24-23(33-17(2)28)25(30)27(13-12-26(3)4)20-11-10-19(14-21(20)34-24)32-15-22(29)31-5;1-6-31-25(30)19-11-12-21-20(15-19)27(14-13-26(4)5)24(29)22(32-17(3)28)23(33-21)18-9-7-16(2)8-10-18;1-15-6-8-17(9-7-15)22-21(31-16(2)27)23(28)26(13-12-25(3)4)19-14-18(24(29)30-5)10-11-20(19)32-22/h7-12,16,23-24H,6,13-15H2,1-5H3;6-11,14,23-24H,12-13,15H2,1-5H3;7-12,15,22-23H,6,13-14H2,1-5H3;6-11,14,21-22H,12-13H2,1-5H3/t2*23-,24+;22-,23+;21-,22+/m1111/s1. The van der Waals surface area contributed by atoms with E-state index in [1.807, 2.05) is 226 Å². The largest absolute Gasteiger partial charge is 0.482 e. The van der Waals surface area contributed by atoms with Crippen LogP contribution in [-0.4, -0.2) is 258 Å². The van der Waals surface area contributed by atoms with Crippen molar-refractivity contribution in [1.82, 2.24) is 19.6 Å². The predicted molar refractivity (Wildman–Crippen MR) is 516 cm³/mol. The van der Waals surface area contributed by atoms with Gasteiger partial charge in [-0.25, -0.2) is 19.2 Å². The van der Waals surface area contributed by atoms with E-state index in [9.17, 15) is 57.5 Å². The minimum atomic E-state index is -1.00. The highest BCUT2D eigenvalue weighted by atomic mass is 32.2. The number of ether oxygens (including phenoxy) is 9. The Balaban J connectivity index is 0.000000199. The molecule has 29 nitrogen and oxygen atoms in total. The van der Waals surface area contributed by atoms with Crippen LogP contribution in [0.25, 0.3) is 0 Å². The van der Waals surface area contributed by atoms with E-state index in [2.05, 4.69) is 4.74 Å². The van der Waals surface area contributed by atoms with E-state index in [-0.39, 0.29) is 36.8 Å². The molecule has 0 aromatic heterocycles. The fraction of sp³-hybridized carbons (Fsp3) is 0.400. The highest BCUT2D eigenvalue weighted by Gasteiger charge is 2.46. The molecule has 710 valence electrons. The van der Waals surface area contributed by atoms with Crippen LogP contribution in [0.3, 0.4) is 0 Å². The number of amides is 4. The van der Waals surface area contributed by atoms with Crippen molar-refractivity contribution in [2.45, 2.75) is 141 Å². The second-order valence-electron chi connectivity index (χ2n) is 33.0. The maximum Gasteiger partial charge on any atom is 0.343 e. The molecule has 8 aromatic carbocycles. The average Bonchev–Trinajstić information content (AvgIpc) is 1.65. The zero-order valence-corrected chi connectivity index (χ0v) is 82.3. The van der Waals surface area contributed by atoms with E-state index in [1.54, 1.807) is 81.1 Å². The van der Waals surface area contributed by atoms with Gasteiger partial charge in [0.1, 0.15) is 5.75 Å². The van der Waals surface area contributed by atoms with Crippen LogP contribution in [0, 0.1) is 27.7 Å². The molecule has 0 spiro atoms. The quantitative estimate of drug-likeness (QED) is 0.0310. The van der Waals surface area contributed by atoms with Crippen molar-refractivity contribution in [3.8, 4) is 5.75 Å². The molecule has 0 N–H and O–H groups in total. The van der Waals surface area contributed by atoms with E-state index in [1.165, 1.54) is 89.0 Å². The first-order chi connectivity index (χ1) is 63.3. The van der Waals surface area contributed by atoms with Crippen molar-refractivity contribution in [3.63, 3.8) is 0 Å². The maximum atomic E-state index is 13.9. The first-order valence-corrected chi connectivity index (χ1v) is 47.0. The van der Waals surface area contributed by atoms with E-state index >= 15 is 0 Å². The van der Waals surface area contributed by atoms with Crippen molar-refractivity contribution in [1.29, 1.82) is 0 Å². The Labute approximate surface area is 795 Å². The van der Waals surface area contributed by atoms with Gasteiger partial charge in [0.05, 0.1) is 87.9 Å². The Bertz CT molecular complexity index is 5430. The lowest BCUT2D eigenvalue weighted by molar-refractivity contribution is -0.153. The number of hydrogen-bond donors (Lipinski definition) is 0. The third-order valence-electron chi connectivity index (χ3n) is 21.2. The Morgan fingerprint density at radius 1 is 0.338 bits per heavy atom. The van der Waals surface area contributed by atoms with Crippen molar-refractivity contribution >= 4 is 141 Å². The number of hydrogen-bond acceptors (Lipinski definition) is 29. The summed E-state index contributed by atoms with van der Waals surface area (Å²) in [5.41, 5.74) is 11.6. The van der Waals surface area contributed by atoms with Crippen LogP contribution < -0.4 is 24.3 Å². The van der Waals surface area contributed by atoms with Gasteiger partial charge in [0.15, 0.2) is 31.0 Å². The topological polar surface area (TPSA) is 314 Å². The molecule has 0 unspecified atom stereocenters. The molecule has 0 fully saturated rings. The first-order valence-electron chi connectivity index (χ1n) is 43.5. The van der Waals surface area contributed by atoms with Gasteiger partial charge in [-0.1, -0.05) is 126 Å². The Morgan fingerprint density at radius 2 is 0.624 bits per heavy atom. The minimum absolute atomic E-state index is 0.222. The summed E-state index contributed by atoms with van der Waals surface area (Å²) >= 11 is 5.80. The van der Waals surface area contributed by atoms with E-state index < -0.39 is 93.2 Å². The fourth-order valence-electron chi connectivity index (χ4n) is 14.3. The molecule has 0 saturated carbocycles. The zero-order valence-electron chi connectivity index (χ0n) is 79.1. The number of likely N-dealkylation sites (N-methyl/N-ethyl adjacent to an activating group) is 4. The smallest absolute Gasteiger partial charge is 0.343 e. The highest BCUT2D eigenvalue weighted by molar-refractivity contribution is 8.00. The zero-order chi connectivity index (χ0) is 97.2. The van der Waals surface area contributed by atoms with Gasteiger partial charge < -0.3 is 81.8 Å². The summed E-state index contributed by atoms with van der Waals surface area (Å²) in [5.74, 6) is -4.65. The van der Waals surface area contributed by atoms with Crippen LogP contribution in [0.15, 0.2) is 189 Å². The molecule has 12 rings (SSSR count). The molecule has 33 heteroatoms. The minimum Gasteiger partial charge on any atom is -0.482 e. The number of thioether (sulfide) groups is 4. The summed E-state index contributed by atoms with van der Waals surface area (Å²) in [6.45, 7) is 21.2. The van der Waals surface area contributed by atoms with Gasteiger partial charge in [0.25, 0.3) is 23.6 Å². The summed E-state index contributed by atoms with van der Waals surface area (Å²) in [6, 6.07) is 52.4. The molecule has 0 radical (unpaired) electrons. The molecular formula is C100H120N8O21S4. The van der Waals surface area contributed by atoms with Crippen molar-refractivity contribution in [3.05, 3.63) is 231 Å². The second kappa shape index (κ2) is 50.0. The number of aryl methyl sites for hydroxylation is 4. The lowest BCUT2D eigenvalue weighted by atomic mass is 10.0. The van der Waals surface area contributed by atoms with Gasteiger partial charge in [-0.2, -0.15) is 0 Å². The van der Waals surface area contributed by atoms with Crippen molar-refractivity contribution < 1.29 is 100 Å². The first kappa shape index (κ1) is 105. The molecule has 8 atom stereocenters. The van der Waals surface area contributed by atoms with Crippen LogP contribution >= 0.6 is 47.0 Å². The average molecular weight is 1900 g/mol. The lowest BCUT2D eigenvalue weighted by Gasteiger charge is -2.28. The maximum absolute atomic E-state index is 13.9. The van der Waals surface area contributed by atoms with E-state index in [0.29, 0.717) is 104 Å². The Hall–Kier alpha value is -11.6. The van der Waals surface area contributed by atoms with Crippen LogP contribution in [0.1, 0.15) is 145 Å².